The number of halogens is 6. The fourth-order valence-corrected chi connectivity index (χ4v) is 6.79. The van der Waals surface area contributed by atoms with Crippen LogP contribution in [-0.4, -0.2) is 30.3 Å². The number of alkyl halides is 6. The van der Waals surface area contributed by atoms with Gasteiger partial charge in [-0.2, -0.15) is 31.6 Å². The van der Waals surface area contributed by atoms with Gasteiger partial charge in [0, 0.05) is 13.5 Å². The Hall–Kier alpha value is -2.53. The lowest BCUT2D eigenvalue weighted by Gasteiger charge is -2.39. The average molecular weight is 567 g/mol. The first-order valence-electron chi connectivity index (χ1n) is 14.3. The number of rotatable bonds is 9. The Bertz CT molecular complexity index is 1050. The molecule has 2 aromatic rings. The summed E-state index contributed by atoms with van der Waals surface area (Å²) in [5.41, 5.74) is -2.49. The Labute approximate surface area is 234 Å². The van der Waals surface area contributed by atoms with Gasteiger partial charge in [-0.25, -0.2) is 0 Å². The van der Waals surface area contributed by atoms with E-state index in [1.807, 2.05) is 37.3 Å². The number of hydrogen-bond acceptors (Lipinski definition) is 2. The summed E-state index contributed by atoms with van der Waals surface area (Å²) in [7, 11) is 0. The van der Waals surface area contributed by atoms with Crippen molar-refractivity contribution in [2.24, 2.45) is 0 Å². The highest BCUT2D eigenvalue weighted by Gasteiger charge is 2.60. The first-order chi connectivity index (χ1) is 19.0. The summed E-state index contributed by atoms with van der Waals surface area (Å²) >= 11 is 0. The minimum absolute atomic E-state index is 0.0545. The zero-order valence-corrected chi connectivity index (χ0v) is 23.5. The van der Waals surface area contributed by atoms with E-state index in [-0.39, 0.29) is 43.2 Å². The molecule has 0 N–H and O–H groups in total. The van der Waals surface area contributed by atoms with Gasteiger partial charge < -0.3 is 0 Å². The zero-order valence-electron chi connectivity index (χ0n) is 23.5. The fraction of sp³-hybridized carbons (Fsp3) is 0.594. The summed E-state index contributed by atoms with van der Waals surface area (Å²) in [6, 6.07) is 16.0. The third-order valence-corrected chi connectivity index (χ3v) is 8.80. The van der Waals surface area contributed by atoms with E-state index >= 15 is 0 Å². The highest BCUT2D eigenvalue weighted by Crippen LogP contribution is 2.57. The molecule has 2 nitrogen and oxygen atoms in total. The smallest absolute Gasteiger partial charge is 0.299 e. The van der Waals surface area contributed by atoms with Crippen LogP contribution in [0.15, 0.2) is 48.5 Å². The lowest BCUT2D eigenvalue weighted by atomic mass is 9.69. The highest BCUT2D eigenvalue weighted by molar-refractivity contribution is 5.47. The molecule has 0 radical (unpaired) electrons. The molecule has 0 amide bonds. The zero-order chi connectivity index (χ0) is 29.4. The summed E-state index contributed by atoms with van der Waals surface area (Å²) in [5, 5.41) is 7.32. The normalized spacial score (nSPS) is 18.3. The van der Waals surface area contributed by atoms with Crippen LogP contribution >= 0.6 is 0 Å². The van der Waals surface area contributed by atoms with E-state index in [1.54, 1.807) is 6.07 Å². The van der Waals surface area contributed by atoms with Gasteiger partial charge in [0.2, 0.25) is 0 Å². The molecule has 220 valence electrons. The van der Waals surface area contributed by atoms with Crippen LogP contribution in [0, 0.1) is 11.3 Å². The van der Waals surface area contributed by atoms with E-state index in [0.29, 0.717) is 50.8 Å². The summed E-state index contributed by atoms with van der Waals surface area (Å²) in [6.07, 6.45) is -6.74. The minimum atomic E-state index is -4.50. The largest absolute Gasteiger partial charge is 0.398 e. The third-order valence-electron chi connectivity index (χ3n) is 8.80. The first kappa shape index (κ1) is 32.0. The highest BCUT2D eigenvalue weighted by atomic mass is 19.4. The second-order valence-corrected chi connectivity index (χ2v) is 11.1. The van der Waals surface area contributed by atoms with Gasteiger partial charge in [-0.05, 0) is 73.9 Å². The average Bonchev–Trinajstić information content (AvgIpc) is 3.60. The topological polar surface area (TPSA) is 27.0 Å². The van der Waals surface area contributed by atoms with E-state index in [4.69, 9.17) is 5.26 Å². The molecule has 0 atom stereocenters. The van der Waals surface area contributed by atoms with Gasteiger partial charge in [-0.3, -0.25) is 4.90 Å². The number of benzene rings is 2. The summed E-state index contributed by atoms with van der Waals surface area (Å²) in [6.45, 7) is 5.51. The molecule has 0 saturated heterocycles. The van der Waals surface area contributed by atoms with Crippen molar-refractivity contribution < 1.29 is 26.3 Å². The molecule has 0 heterocycles. The quantitative estimate of drug-likeness (QED) is 0.283. The molecule has 2 fully saturated rings. The van der Waals surface area contributed by atoms with Crippen LogP contribution in [0.5, 0.6) is 0 Å². The molecule has 8 heteroatoms. The maximum absolute atomic E-state index is 14.6. The van der Waals surface area contributed by atoms with Crippen molar-refractivity contribution in [1.29, 1.82) is 5.26 Å². The molecule has 2 saturated carbocycles. The van der Waals surface area contributed by atoms with Crippen molar-refractivity contribution in [3.63, 3.8) is 0 Å². The molecule has 2 aliphatic carbocycles. The van der Waals surface area contributed by atoms with Crippen LogP contribution in [0.25, 0.3) is 0 Å². The predicted molar refractivity (Wildman–Crippen MR) is 146 cm³/mol. The SMILES string of the molecule is CC#N.CCN(CCCc1c(C2(C(F)(F)F)CCCC2)cccc1C1(C(F)(F)F)CCCC1)Cc1ccccc1. The Morgan fingerprint density at radius 3 is 1.62 bits per heavy atom. The van der Waals surface area contributed by atoms with Gasteiger partial charge in [0.1, 0.15) is 0 Å². The maximum atomic E-state index is 14.6. The fourth-order valence-electron chi connectivity index (χ4n) is 6.79. The Morgan fingerprint density at radius 2 is 1.23 bits per heavy atom. The molecule has 0 unspecified atom stereocenters. The molecular formula is C32H40F6N2. The lowest BCUT2D eigenvalue weighted by molar-refractivity contribution is -0.191. The van der Waals surface area contributed by atoms with Crippen molar-refractivity contribution in [2.45, 2.75) is 108 Å². The van der Waals surface area contributed by atoms with E-state index in [0.717, 1.165) is 12.1 Å². The standard InChI is InChI=1S/C30H37F6N.C2H3N/c1-2-37(22-23-12-4-3-5-13-23)21-11-14-24-25(27(29(31,32)33)17-6-7-18-27)15-10-16-26(24)28(30(34,35)36)19-8-9-20-28;1-2-3/h3-5,10,12-13,15-16H,2,6-9,11,14,17-22H2,1H3;1H3. The molecule has 4 rings (SSSR count). The van der Waals surface area contributed by atoms with E-state index in [1.165, 1.54) is 25.1 Å². The predicted octanol–water partition coefficient (Wildman–Crippen LogP) is 9.42. The number of hydrogen-bond donors (Lipinski definition) is 0. The van der Waals surface area contributed by atoms with Crippen LogP contribution in [0.2, 0.25) is 0 Å². The van der Waals surface area contributed by atoms with Crippen molar-refractivity contribution in [2.75, 3.05) is 13.1 Å². The van der Waals surface area contributed by atoms with E-state index in [9.17, 15) is 26.3 Å². The van der Waals surface area contributed by atoms with Gasteiger partial charge in [-0.15, -0.1) is 0 Å². The van der Waals surface area contributed by atoms with Gasteiger partial charge in [0.05, 0.1) is 16.9 Å². The van der Waals surface area contributed by atoms with Gasteiger partial charge in [-0.1, -0.05) is 81.1 Å². The van der Waals surface area contributed by atoms with Crippen LogP contribution in [0.4, 0.5) is 26.3 Å². The van der Waals surface area contributed by atoms with E-state index in [2.05, 4.69) is 4.90 Å². The third kappa shape index (κ3) is 6.67. The van der Waals surface area contributed by atoms with Gasteiger partial charge in [0.15, 0.2) is 0 Å². The summed E-state index contributed by atoms with van der Waals surface area (Å²) in [4.78, 5) is 2.20. The van der Waals surface area contributed by atoms with Crippen molar-refractivity contribution >= 4 is 0 Å². The molecule has 2 aromatic carbocycles. The maximum Gasteiger partial charge on any atom is 0.398 e. The summed E-state index contributed by atoms with van der Waals surface area (Å²) < 4.78 is 87.8. The molecular weight excluding hydrogens is 526 g/mol. The van der Waals surface area contributed by atoms with Gasteiger partial charge >= 0.3 is 12.4 Å². The molecule has 0 aliphatic heterocycles. The molecule has 0 bridgehead atoms. The molecule has 2 aliphatic rings. The van der Waals surface area contributed by atoms with Crippen LogP contribution in [-0.2, 0) is 23.8 Å². The minimum Gasteiger partial charge on any atom is -0.299 e. The first-order valence-corrected chi connectivity index (χ1v) is 14.3. The Morgan fingerprint density at radius 1 is 0.775 bits per heavy atom. The Balaban J connectivity index is 0.00000141. The summed E-state index contributed by atoms with van der Waals surface area (Å²) in [5.74, 6) is 0. The Kier molecular flexibility index (Phi) is 10.7. The number of nitrogens with zero attached hydrogens (tertiary/aromatic N) is 2. The van der Waals surface area contributed by atoms with Crippen molar-refractivity contribution in [3.05, 3.63) is 70.8 Å². The second kappa shape index (κ2) is 13.4. The van der Waals surface area contributed by atoms with Gasteiger partial charge in [0.25, 0.3) is 0 Å². The van der Waals surface area contributed by atoms with Crippen LogP contribution in [0.3, 0.4) is 0 Å². The molecule has 0 spiro atoms. The number of nitriles is 1. The lowest BCUT2D eigenvalue weighted by Crippen LogP contribution is -2.44. The van der Waals surface area contributed by atoms with E-state index < -0.39 is 23.2 Å². The monoisotopic (exact) mass is 566 g/mol. The van der Waals surface area contributed by atoms with Crippen LogP contribution < -0.4 is 0 Å². The van der Waals surface area contributed by atoms with Crippen molar-refractivity contribution in [1.82, 2.24) is 4.90 Å². The second-order valence-electron chi connectivity index (χ2n) is 11.1. The molecule has 40 heavy (non-hydrogen) atoms. The molecule has 0 aromatic heterocycles. The van der Waals surface area contributed by atoms with Crippen LogP contribution in [0.1, 0.15) is 93.9 Å². The van der Waals surface area contributed by atoms with Crippen molar-refractivity contribution in [3.8, 4) is 6.07 Å².